The number of amides is 2. The number of Topliss-reactive ketones (excluding diaryl/α,β-unsaturated/α-hetero) is 1. The first-order valence-electron chi connectivity index (χ1n) is 13.6. The number of carbonyl (C=O) groups is 4. The van der Waals surface area contributed by atoms with E-state index in [9.17, 15) is 37.5 Å². The van der Waals surface area contributed by atoms with E-state index in [0.29, 0.717) is 5.57 Å². The van der Waals surface area contributed by atoms with Crippen LogP contribution in [0.3, 0.4) is 0 Å². The van der Waals surface area contributed by atoms with Gasteiger partial charge in [0.05, 0.1) is 11.8 Å². The number of halogens is 3. The van der Waals surface area contributed by atoms with Crippen molar-refractivity contribution in [3.63, 3.8) is 0 Å². The average Bonchev–Trinajstić information content (AvgIpc) is 3.16. The molecule has 1 saturated heterocycles. The van der Waals surface area contributed by atoms with Crippen molar-refractivity contribution in [3.05, 3.63) is 58.2 Å². The number of benzene rings is 1. The molecule has 4 aliphatic carbocycles. The van der Waals surface area contributed by atoms with Gasteiger partial charge in [0.1, 0.15) is 11.5 Å². The second-order valence-electron chi connectivity index (χ2n) is 11.3. The number of aromatic hydroxyl groups is 1. The minimum Gasteiger partial charge on any atom is -0.508 e. The summed E-state index contributed by atoms with van der Waals surface area (Å²) in [6, 6.07) is 2.88. The van der Waals surface area contributed by atoms with Crippen LogP contribution in [-0.4, -0.2) is 45.8 Å². The summed E-state index contributed by atoms with van der Waals surface area (Å²) in [4.78, 5) is 55.5. The van der Waals surface area contributed by atoms with E-state index in [0.717, 1.165) is 50.3 Å². The van der Waals surface area contributed by atoms with Crippen LogP contribution in [0, 0.1) is 17.8 Å². The van der Waals surface area contributed by atoms with Gasteiger partial charge in [-0.1, -0.05) is 30.9 Å². The molecule has 0 spiro atoms. The van der Waals surface area contributed by atoms with Crippen LogP contribution in [0.25, 0.3) is 0 Å². The molecular weight excluding hydrogens is 527 g/mol. The van der Waals surface area contributed by atoms with Gasteiger partial charge in [0.2, 0.25) is 11.8 Å². The van der Waals surface area contributed by atoms with Gasteiger partial charge in [-0.15, -0.1) is 13.2 Å². The predicted octanol–water partition coefficient (Wildman–Crippen LogP) is 5.05. The molecule has 0 radical (unpaired) electrons. The van der Waals surface area contributed by atoms with E-state index < -0.39 is 47.3 Å². The highest BCUT2D eigenvalue weighted by Gasteiger charge is 2.57. The van der Waals surface area contributed by atoms with E-state index in [1.807, 2.05) is 0 Å². The lowest BCUT2D eigenvalue weighted by Gasteiger charge is -2.42. The number of carbonyl (C=O) groups excluding carboxylic acids is 4. The quantitative estimate of drug-likeness (QED) is 0.318. The topological polar surface area (TPSA) is 101 Å². The largest absolute Gasteiger partial charge is 0.573 e. The molecule has 7 nitrogen and oxygen atoms in total. The highest BCUT2D eigenvalue weighted by atomic mass is 19.4. The molecule has 2 fully saturated rings. The summed E-state index contributed by atoms with van der Waals surface area (Å²) in [6.45, 7) is 1.49. The Morgan fingerprint density at radius 1 is 1.00 bits per heavy atom. The minimum atomic E-state index is -4.99. The number of fused-ring (bicyclic) bond motifs is 3. The van der Waals surface area contributed by atoms with E-state index >= 15 is 0 Å². The van der Waals surface area contributed by atoms with Gasteiger partial charge in [0.15, 0.2) is 11.6 Å². The van der Waals surface area contributed by atoms with Crippen molar-refractivity contribution in [2.45, 2.75) is 70.2 Å². The first kappa shape index (κ1) is 26.5. The molecule has 4 unspecified atom stereocenters. The Morgan fingerprint density at radius 2 is 1.73 bits per heavy atom. The van der Waals surface area contributed by atoms with Gasteiger partial charge in [-0.3, -0.25) is 24.1 Å². The molecule has 6 rings (SSSR count). The van der Waals surface area contributed by atoms with Crippen LogP contribution in [0.4, 0.5) is 13.2 Å². The summed E-state index contributed by atoms with van der Waals surface area (Å²) in [5, 5.41) is 10.9. The SMILES string of the molecule is CC1=CC(=O)C2=C(C1=O)C(c1cc(OC(F)(F)F)ccc1O)C1=CCC3C(=O)N(C4CCCCC4)C(=O)C3C1C2. The number of ketones is 2. The molecular formula is C30H28F3NO6. The fraction of sp³-hybridized carbons (Fsp3) is 0.467. The van der Waals surface area contributed by atoms with Crippen LogP contribution < -0.4 is 4.74 Å². The van der Waals surface area contributed by atoms with Crippen molar-refractivity contribution in [2.24, 2.45) is 17.8 Å². The summed E-state index contributed by atoms with van der Waals surface area (Å²) in [6.07, 6.45) is 2.71. The van der Waals surface area contributed by atoms with Gasteiger partial charge in [-0.05, 0) is 62.8 Å². The standard InChI is InChI=1S/C30H28F3NO6/c1-14-11-23(36)21-13-19-17(8-9-18-25(19)29(39)34(28(18)38)15-5-3-2-4-6-15)24(26(21)27(14)37)20-12-16(7-10-22(20)35)40-30(31,32)33/h7-8,10-12,15,18-19,24-25,35H,2-6,9,13H2,1H3. The van der Waals surface area contributed by atoms with Gasteiger partial charge in [0, 0.05) is 34.2 Å². The number of phenolic OH excluding ortho intramolecular Hbond substituents is 1. The maximum absolute atomic E-state index is 13.9. The smallest absolute Gasteiger partial charge is 0.508 e. The second kappa shape index (κ2) is 9.45. The van der Waals surface area contributed by atoms with Crippen molar-refractivity contribution >= 4 is 23.4 Å². The monoisotopic (exact) mass is 555 g/mol. The number of phenols is 1. The van der Waals surface area contributed by atoms with Gasteiger partial charge in [-0.2, -0.15) is 0 Å². The minimum absolute atomic E-state index is 0.0274. The van der Waals surface area contributed by atoms with Crippen LogP contribution >= 0.6 is 0 Å². The Hall–Kier alpha value is -3.69. The Bertz CT molecular complexity index is 1430. The number of hydrogen-bond acceptors (Lipinski definition) is 6. The Balaban J connectivity index is 1.47. The van der Waals surface area contributed by atoms with Crippen molar-refractivity contribution in [2.75, 3.05) is 0 Å². The van der Waals surface area contributed by atoms with Gasteiger partial charge in [-0.25, -0.2) is 0 Å². The normalized spacial score (nSPS) is 29.1. The van der Waals surface area contributed by atoms with Crippen molar-refractivity contribution in [1.82, 2.24) is 4.90 Å². The average molecular weight is 556 g/mol. The summed E-state index contributed by atoms with van der Waals surface area (Å²) < 4.78 is 43.2. The lowest BCUT2D eigenvalue weighted by atomic mass is 9.59. The van der Waals surface area contributed by atoms with Crippen LogP contribution in [0.5, 0.6) is 11.5 Å². The number of nitrogens with zero attached hydrogens (tertiary/aromatic N) is 1. The third kappa shape index (κ3) is 4.19. The maximum Gasteiger partial charge on any atom is 0.573 e. The zero-order valence-electron chi connectivity index (χ0n) is 21.8. The molecule has 0 bridgehead atoms. The van der Waals surface area contributed by atoms with Crippen molar-refractivity contribution in [3.8, 4) is 11.5 Å². The van der Waals surface area contributed by atoms with E-state index in [2.05, 4.69) is 4.74 Å². The highest BCUT2D eigenvalue weighted by molar-refractivity contribution is 6.24. The van der Waals surface area contributed by atoms with E-state index in [-0.39, 0.29) is 58.7 Å². The van der Waals surface area contributed by atoms with Gasteiger partial charge < -0.3 is 9.84 Å². The number of alkyl halides is 3. The van der Waals surface area contributed by atoms with Crippen LogP contribution in [0.1, 0.15) is 63.4 Å². The molecule has 1 aliphatic heterocycles. The Kier molecular flexibility index (Phi) is 6.27. The highest BCUT2D eigenvalue weighted by Crippen LogP contribution is 2.56. The maximum atomic E-state index is 13.9. The molecule has 0 aromatic heterocycles. The van der Waals surface area contributed by atoms with Crippen molar-refractivity contribution < 1.29 is 42.2 Å². The Morgan fingerprint density at radius 3 is 2.42 bits per heavy atom. The molecule has 2 amide bonds. The fourth-order valence-corrected chi connectivity index (χ4v) is 7.40. The number of allylic oxidation sites excluding steroid dienone is 6. The number of imide groups is 1. The molecule has 1 heterocycles. The number of rotatable bonds is 3. The first-order chi connectivity index (χ1) is 19.0. The van der Waals surface area contributed by atoms with E-state index in [4.69, 9.17) is 0 Å². The summed E-state index contributed by atoms with van der Waals surface area (Å²) in [5.41, 5.74) is 0.967. The molecule has 5 aliphatic rings. The lowest BCUT2D eigenvalue weighted by molar-refractivity contribution is -0.274. The third-order valence-corrected chi connectivity index (χ3v) is 9.08. The van der Waals surface area contributed by atoms with Crippen LogP contribution in [0.15, 0.2) is 52.6 Å². The lowest BCUT2D eigenvalue weighted by Crippen LogP contribution is -2.43. The summed E-state index contributed by atoms with van der Waals surface area (Å²) in [7, 11) is 0. The Labute approximate surface area is 228 Å². The van der Waals surface area contributed by atoms with Crippen LogP contribution in [-0.2, 0) is 19.2 Å². The van der Waals surface area contributed by atoms with Crippen LogP contribution in [0.2, 0.25) is 0 Å². The molecule has 10 heteroatoms. The molecule has 210 valence electrons. The first-order valence-corrected chi connectivity index (χ1v) is 13.6. The summed E-state index contributed by atoms with van der Waals surface area (Å²) in [5.74, 6) is -5.39. The zero-order chi connectivity index (χ0) is 28.5. The van der Waals surface area contributed by atoms with E-state index in [1.54, 1.807) is 6.08 Å². The molecule has 4 atom stereocenters. The second-order valence-corrected chi connectivity index (χ2v) is 11.3. The number of hydrogen-bond donors (Lipinski definition) is 1. The number of likely N-dealkylation sites (tertiary alicyclic amines) is 1. The van der Waals surface area contributed by atoms with E-state index in [1.165, 1.54) is 17.9 Å². The molecule has 1 aromatic carbocycles. The molecule has 1 saturated carbocycles. The molecule has 40 heavy (non-hydrogen) atoms. The van der Waals surface area contributed by atoms with Crippen molar-refractivity contribution in [1.29, 1.82) is 0 Å². The van der Waals surface area contributed by atoms with Gasteiger partial charge in [0.25, 0.3) is 0 Å². The number of ether oxygens (including phenoxy) is 1. The van der Waals surface area contributed by atoms with Gasteiger partial charge >= 0.3 is 6.36 Å². The third-order valence-electron chi connectivity index (χ3n) is 9.08. The molecule has 1 N–H and O–H groups in total. The summed E-state index contributed by atoms with van der Waals surface area (Å²) >= 11 is 0. The predicted molar refractivity (Wildman–Crippen MR) is 135 cm³/mol. The fourth-order valence-electron chi connectivity index (χ4n) is 7.40. The molecule has 1 aromatic rings. The zero-order valence-corrected chi connectivity index (χ0v) is 21.8.